The number of esters is 1. The molecule has 2 aromatic rings. The largest absolute Gasteiger partial charge is 0.468 e. The third kappa shape index (κ3) is 10.9. The lowest BCUT2D eigenvalue weighted by Gasteiger charge is -2.16. The van der Waals surface area contributed by atoms with Crippen LogP contribution < -0.4 is 5.32 Å². The fourth-order valence-corrected chi connectivity index (χ4v) is 2.81. The van der Waals surface area contributed by atoms with Crippen molar-refractivity contribution in [3.63, 3.8) is 0 Å². The molecule has 2 aromatic carbocycles. The molecule has 0 fully saturated rings. The summed E-state index contributed by atoms with van der Waals surface area (Å²) in [4.78, 5) is 11.7. The molecule has 1 unspecified atom stereocenters. The van der Waals surface area contributed by atoms with Gasteiger partial charge in [0.2, 0.25) is 0 Å². The third-order valence-corrected chi connectivity index (χ3v) is 4.41. The van der Waals surface area contributed by atoms with E-state index < -0.39 is 0 Å². The van der Waals surface area contributed by atoms with Crippen molar-refractivity contribution in [3.8, 4) is 0 Å². The van der Waals surface area contributed by atoms with E-state index in [9.17, 15) is 4.79 Å². The monoisotopic (exact) mass is 385 g/mol. The minimum absolute atomic E-state index is 0.185. The topological polar surface area (TPSA) is 58.6 Å². The summed E-state index contributed by atoms with van der Waals surface area (Å²) >= 11 is 0. The van der Waals surface area contributed by atoms with Crippen molar-refractivity contribution in [2.45, 2.75) is 51.5 Å². The molecule has 2 rings (SSSR count). The summed E-state index contributed by atoms with van der Waals surface area (Å²) in [5, 5.41) is 11.8. The lowest BCUT2D eigenvalue weighted by atomic mass is 10.1. The molecule has 4 heteroatoms. The van der Waals surface area contributed by atoms with E-state index >= 15 is 0 Å². The van der Waals surface area contributed by atoms with Gasteiger partial charge in [-0.2, -0.15) is 0 Å². The van der Waals surface area contributed by atoms with E-state index in [1.54, 1.807) is 0 Å². The molecule has 0 aromatic heterocycles. The number of aryl methyl sites for hydroxylation is 1. The molecule has 0 aliphatic rings. The molecule has 0 aliphatic carbocycles. The molecule has 4 nitrogen and oxygen atoms in total. The van der Waals surface area contributed by atoms with Gasteiger partial charge >= 0.3 is 5.97 Å². The normalized spacial score (nSPS) is 11.2. The van der Waals surface area contributed by atoms with E-state index in [2.05, 4.69) is 24.4 Å². The van der Waals surface area contributed by atoms with E-state index in [1.807, 2.05) is 48.5 Å². The SMILES string of the molecule is CCCCCNC(Cc1ccccc1)C(=O)OC.OCCCc1ccccc1. The van der Waals surface area contributed by atoms with Gasteiger partial charge in [0.25, 0.3) is 0 Å². The Bertz CT molecular complexity index is 616. The predicted molar refractivity (Wildman–Crippen MR) is 115 cm³/mol. The molecule has 0 radical (unpaired) electrons. The number of nitrogens with one attached hydrogen (secondary N) is 1. The Morgan fingerprint density at radius 1 is 0.964 bits per heavy atom. The highest BCUT2D eigenvalue weighted by molar-refractivity contribution is 5.76. The van der Waals surface area contributed by atoms with Crippen molar-refractivity contribution in [1.29, 1.82) is 0 Å². The zero-order valence-corrected chi connectivity index (χ0v) is 17.3. The molecule has 154 valence electrons. The Hall–Kier alpha value is -2.17. The number of aliphatic hydroxyl groups is 1. The van der Waals surface area contributed by atoms with Crippen molar-refractivity contribution in [2.24, 2.45) is 0 Å². The summed E-state index contributed by atoms with van der Waals surface area (Å²) in [6.45, 7) is 3.32. The van der Waals surface area contributed by atoms with Crippen LogP contribution in [0.4, 0.5) is 0 Å². The van der Waals surface area contributed by atoms with Gasteiger partial charge in [0.1, 0.15) is 6.04 Å². The minimum Gasteiger partial charge on any atom is -0.468 e. The molecule has 0 saturated heterocycles. The second-order valence-electron chi connectivity index (χ2n) is 6.74. The predicted octanol–water partition coefficient (Wildman–Crippen LogP) is 4.16. The molecule has 0 heterocycles. The molecule has 0 spiro atoms. The maximum Gasteiger partial charge on any atom is 0.323 e. The molecule has 0 bridgehead atoms. The van der Waals surface area contributed by atoms with Gasteiger partial charge in [0.05, 0.1) is 7.11 Å². The maximum atomic E-state index is 11.7. The highest BCUT2D eigenvalue weighted by Crippen LogP contribution is 2.05. The van der Waals surface area contributed by atoms with Crippen molar-refractivity contribution < 1.29 is 14.6 Å². The third-order valence-electron chi connectivity index (χ3n) is 4.41. The van der Waals surface area contributed by atoms with Crippen LogP contribution in [0, 0.1) is 0 Å². The molecular weight excluding hydrogens is 350 g/mol. The molecule has 1 atom stereocenters. The van der Waals surface area contributed by atoms with Crippen LogP contribution in [0.3, 0.4) is 0 Å². The Morgan fingerprint density at radius 3 is 2.11 bits per heavy atom. The maximum absolute atomic E-state index is 11.7. The lowest BCUT2D eigenvalue weighted by Crippen LogP contribution is -2.39. The van der Waals surface area contributed by atoms with Crippen LogP contribution in [0.15, 0.2) is 60.7 Å². The number of carbonyl (C=O) groups excluding carboxylic acids is 1. The van der Waals surface area contributed by atoms with E-state index in [0.717, 1.165) is 31.4 Å². The minimum atomic E-state index is -0.241. The number of hydrogen-bond donors (Lipinski definition) is 2. The van der Waals surface area contributed by atoms with E-state index in [-0.39, 0.29) is 18.6 Å². The summed E-state index contributed by atoms with van der Waals surface area (Å²) < 4.78 is 4.84. The van der Waals surface area contributed by atoms with Gasteiger partial charge < -0.3 is 15.2 Å². The van der Waals surface area contributed by atoms with E-state index in [0.29, 0.717) is 6.42 Å². The Balaban J connectivity index is 0.000000330. The molecule has 28 heavy (non-hydrogen) atoms. The summed E-state index contributed by atoms with van der Waals surface area (Å²) in [5.74, 6) is -0.185. The van der Waals surface area contributed by atoms with E-state index in [1.165, 1.54) is 25.5 Å². The Morgan fingerprint density at radius 2 is 1.57 bits per heavy atom. The van der Waals surface area contributed by atoms with Crippen LogP contribution in [-0.2, 0) is 22.4 Å². The number of methoxy groups -OCH3 is 1. The van der Waals surface area contributed by atoms with Gasteiger partial charge in [-0.15, -0.1) is 0 Å². The molecule has 0 saturated carbocycles. The summed E-state index contributed by atoms with van der Waals surface area (Å²) in [7, 11) is 1.44. The van der Waals surface area contributed by atoms with Gasteiger partial charge in [-0.05, 0) is 43.4 Å². The van der Waals surface area contributed by atoms with Crippen molar-refractivity contribution in [2.75, 3.05) is 20.3 Å². The lowest BCUT2D eigenvalue weighted by molar-refractivity contribution is -0.143. The highest BCUT2D eigenvalue weighted by atomic mass is 16.5. The highest BCUT2D eigenvalue weighted by Gasteiger charge is 2.18. The first-order valence-electron chi connectivity index (χ1n) is 10.2. The number of rotatable bonds is 11. The van der Waals surface area contributed by atoms with Gasteiger partial charge in [-0.25, -0.2) is 0 Å². The van der Waals surface area contributed by atoms with Crippen LogP contribution in [0.2, 0.25) is 0 Å². The summed E-state index contributed by atoms with van der Waals surface area (Å²) in [6, 6.07) is 20.0. The first kappa shape index (κ1) is 23.9. The average Bonchev–Trinajstić information content (AvgIpc) is 2.75. The number of ether oxygens (including phenoxy) is 1. The summed E-state index contributed by atoms with van der Waals surface area (Å²) in [6.07, 6.45) is 6.00. The van der Waals surface area contributed by atoms with Gasteiger partial charge in [-0.3, -0.25) is 4.79 Å². The van der Waals surface area contributed by atoms with Crippen molar-refractivity contribution in [1.82, 2.24) is 5.32 Å². The number of aliphatic hydroxyl groups excluding tert-OH is 1. The van der Waals surface area contributed by atoms with Gasteiger partial charge in [0.15, 0.2) is 0 Å². The number of carbonyl (C=O) groups is 1. The second-order valence-corrected chi connectivity index (χ2v) is 6.74. The van der Waals surface area contributed by atoms with Crippen LogP contribution in [-0.4, -0.2) is 37.4 Å². The number of benzene rings is 2. The fraction of sp³-hybridized carbons (Fsp3) is 0.458. The Labute approximate surface area is 169 Å². The van der Waals surface area contributed by atoms with Crippen LogP contribution in [0.1, 0.15) is 43.7 Å². The van der Waals surface area contributed by atoms with Crippen LogP contribution >= 0.6 is 0 Å². The number of hydrogen-bond acceptors (Lipinski definition) is 4. The quantitative estimate of drug-likeness (QED) is 0.450. The standard InChI is InChI=1S/C15H23NO2.C9H12O/c1-3-4-8-11-16-14(15(17)18-2)12-13-9-6-5-7-10-13;10-8-4-7-9-5-2-1-3-6-9/h5-7,9-10,14,16H,3-4,8,11-12H2,1-2H3;1-3,5-6,10H,4,7-8H2. The molecule has 0 amide bonds. The second kappa shape index (κ2) is 15.8. The fourth-order valence-electron chi connectivity index (χ4n) is 2.81. The Kier molecular flexibility index (Phi) is 13.5. The average molecular weight is 386 g/mol. The van der Waals surface area contributed by atoms with E-state index in [4.69, 9.17) is 9.84 Å². The van der Waals surface area contributed by atoms with Crippen LogP contribution in [0.25, 0.3) is 0 Å². The molecular formula is C24H35NO3. The molecule has 0 aliphatic heterocycles. The first-order chi connectivity index (χ1) is 13.7. The number of unbranched alkanes of at least 4 members (excludes halogenated alkanes) is 2. The smallest absolute Gasteiger partial charge is 0.323 e. The van der Waals surface area contributed by atoms with Gasteiger partial charge in [-0.1, -0.05) is 80.4 Å². The van der Waals surface area contributed by atoms with Gasteiger partial charge in [0, 0.05) is 6.61 Å². The summed E-state index contributed by atoms with van der Waals surface area (Å²) in [5.41, 5.74) is 2.45. The van der Waals surface area contributed by atoms with Crippen LogP contribution in [0.5, 0.6) is 0 Å². The van der Waals surface area contributed by atoms with Crippen molar-refractivity contribution in [3.05, 3.63) is 71.8 Å². The molecule has 2 N–H and O–H groups in total. The zero-order chi connectivity index (χ0) is 20.5. The zero-order valence-electron chi connectivity index (χ0n) is 17.3. The first-order valence-corrected chi connectivity index (χ1v) is 10.2. The van der Waals surface area contributed by atoms with Crippen molar-refractivity contribution >= 4 is 5.97 Å².